The van der Waals surface area contributed by atoms with E-state index in [-0.39, 0.29) is 6.04 Å². The first-order valence-electron chi connectivity index (χ1n) is 6.76. The van der Waals surface area contributed by atoms with Gasteiger partial charge in [-0.2, -0.15) is 0 Å². The summed E-state index contributed by atoms with van der Waals surface area (Å²) in [6, 6.07) is 18.3. The summed E-state index contributed by atoms with van der Waals surface area (Å²) < 4.78 is 0.869. The molecule has 21 heavy (non-hydrogen) atoms. The van der Waals surface area contributed by atoms with Gasteiger partial charge in [0.2, 0.25) is 0 Å². The lowest BCUT2D eigenvalue weighted by Crippen LogP contribution is -2.12. The van der Waals surface area contributed by atoms with Crippen LogP contribution in [0.1, 0.15) is 22.7 Å². The van der Waals surface area contributed by atoms with Crippen molar-refractivity contribution in [2.75, 3.05) is 0 Å². The Morgan fingerprint density at radius 1 is 1.00 bits per heavy atom. The van der Waals surface area contributed by atoms with E-state index in [4.69, 9.17) is 17.3 Å². The molecule has 0 aliphatic heterocycles. The number of nitrogens with two attached hydrogens (primary N) is 1. The van der Waals surface area contributed by atoms with Gasteiger partial charge in [-0.05, 0) is 62.4 Å². The SMILES string of the molecule is Cc1ccc(C(N)c2ccc(Cl)c(Br)c2)c2ccccc12. The molecule has 3 aromatic rings. The van der Waals surface area contributed by atoms with Crippen LogP contribution in [0.25, 0.3) is 10.8 Å². The van der Waals surface area contributed by atoms with Gasteiger partial charge in [0.15, 0.2) is 0 Å². The van der Waals surface area contributed by atoms with Gasteiger partial charge in [0.05, 0.1) is 11.1 Å². The number of hydrogen-bond acceptors (Lipinski definition) is 1. The molecule has 1 atom stereocenters. The van der Waals surface area contributed by atoms with Gasteiger partial charge in [-0.15, -0.1) is 0 Å². The Bertz CT molecular complexity index is 813. The van der Waals surface area contributed by atoms with Crippen molar-refractivity contribution in [3.05, 3.63) is 80.8 Å². The van der Waals surface area contributed by atoms with E-state index >= 15 is 0 Å². The second-order valence-electron chi connectivity index (χ2n) is 5.17. The summed E-state index contributed by atoms with van der Waals surface area (Å²) in [6.07, 6.45) is 0. The molecule has 0 aliphatic carbocycles. The van der Waals surface area contributed by atoms with E-state index in [2.05, 4.69) is 59.3 Å². The normalized spacial score (nSPS) is 12.6. The fourth-order valence-corrected chi connectivity index (χ4v) is 3.14. The summed E-state index contributed by atoms with van der Waals surface area (Å²) in [7, 11) is 0. The molecular formula is C18H15BrClN. The topological polar surface area (TPSA) is 26.0 Å². The van der Waals surface area contributed by atoms with Gasteiger partial charge in [0, 0.05) is 4.47 Å². The molecule has 2 N–H and O–H groups in total. The highest BCUT2D eigenvalue weighted by molar-refractivity contribution is 9.10. The van der Waals surface area contributed by atoms with E-state index in [0.717, 1.165) is 15.6 Å². The van der Waals surface area contributed by atoms with Gasteiger partial charge in [-0.3, -0.25) is 0 Å². The van der Waals surface area contributed by atoms with Crippen LogP contribution in [0.2, 0.25) is 5.02 Å². The van der Waals surface area contributed by atoms with Gasteiger partial charge in [-0.1, -0.05) is 54.1 Å². The molecule has 0 aliphatic rings. The number of benzene rings is 3. The average molecular weight is 361 g/mol. The number of aryl methyl sites for hydroxylation is 1. The van der Waals surface area contributed by atoms with E-state index in [9.17, 15) is 0 Å². The molecule has 106 valence electrons. The summed E-state index contributed by atoms with van der Waals surface area (Å²) >= 11 is 9.52. The van der Waals surface area contributed by atoms with Crippen molar-refractivity contribution in [3.63, 3.8) is 0 Å². The number of fused-ring (bicyclic) bond motifs is 1. The maximum Gasteiger partial charge on any atom is 0.0558 e. The number of rotatable bonds is 2. The maximum absolute atomic E-state index is 6.49. The smallest absolute Gasteiger partial charge is 0.0558 e. The van der Waals surface area contributed by atoms with Crippen LogP contribution in [-0.4, -0.2) is 0 Å². The standard InChI is InChI=1S/C18H15BrClN/c1-11-6-8-15(14-5-3-2-4-13(11)14)18(21)12-7-9-17(20)16(19)10-12/h2-10,18H,21H2,1H3. The van der Waals surface area contributed by atoms with Gasteiger partial charge in [0.25, 0.3) is 0 Å². The highest BCUT2D eigenvalue weighted by Gasteiger charge is 2.14. The molecule has 0 radical (unpaired) electrons. The second-order valence-corrected chi connectivity index (χ2v) is 6.43. The van der Waals surface area contributed by atoms with Crippen LogP contribution < -0.4 is 5.73 Å². The van der Waals surface area contributed by atoms with E-state index in [1.165, 1.54) is 16.3 Å². The molecule has 0 spiro atoms. The van der Waals surface area contributed by atoms with Crippen LogP contribution in [0.4, 0.5) is 0 Å². The maximum atomic E-state index is 6.49. The highest BCUT2D eigenvalue weighted by atomic mass is 79.9. The minimum Gasteiger partial charge on any atom is -0.320 e. The van der Waals surface area contributed by atoms with Gasteiger partial charge in [-0.25, -0.2) is 0 Å². The minimum atomic E-state index is -0.177. The van der Waals surface area contributed by atoms with Gasteiger partial charge < -0.3 is 5.73 Å². The minimum absolute atomic E-state index is 0.177. The van der Waals surface area contributed by atoms with Crippen molar-refractivity contribution in [2.24, 2.45) is 5.73 Å². The van der Waals surface area contributed by atoms with Crippen LogP contribution in [-0.2, 0) is 0 Å². The molecule has 0 bridgehead atoms. The van der Waals surface area contributed by atoms with Crippen LogP contribution in [0.3, 0.4) is 0 Å². The predicted octanol–water partition coefficient (Wildman–Crippen LogP) is 5.61. The Balaban J connectivity index is 2.15. The van der Waals surface area contributed by atoms with Crippen LogP contribution in [0.15, 0.2) is 59.1 Å². The molecule has 0 amide bonds. The summed E-state index contributed by atoms with van der Waals surface area (Å²) in [5, 5.41) is 3.15. The summed E-state index contributed by atoms with van der Waals surface area (Å²) in [5.74, 6) is 0. The van der Waals surface area contributed by atoms with E-state index in [0.29, 0.717) is 5.02 Å². The Morgan fingerprint density at radius 2 is 1.71 bits per heavy atom. The van der Waals surface area contributed by atoms with Gasteiger partial charge >= 0.3 is 0 Å². The first-order valence-corrected chi connectivity index (χ1v) is 7.94. The molecular weight excluding hydrogens is 346 g/mol. The first-order chi connectivity index (χ1) is 10.1. The van der Waals surface area contributed by atoms with Crippen LogP contribution in [0, 0.1) is 6.92 Å². The van der Waals surface area contributed by atoms with Crippen molar-refractivity contribution in [1.82, 2.24) is 0 Å². The third-order valence-electron chi connectivity index (χ3n) is 3.81. The average Bonchev–Trinajstić information content (AvgIpc) is 2.50. The fourth-order valence-electron chi connectivity index (χ4n) is 2.63. The first kappa shape index (κ1) is 14.6. The zero-order chi connectivity index (χ0) is 15.0. The van der Waals surface area contributed by atoms with Crippen molar-refractivity contribution in [2.45, 2.75) is 13.0 Å². The van der Waals surface area contributed by atoms with E-state index in [1.807, 2.05) is 18.2 Å². The molecule has 3 heteroatoms. The monoisotopic (exact) mass is 359 g/mol. The molecule has 0 aromatic heterocycles. The molecule has 1 nitrogen and oxygen atoms in total. The lowest BCUT2D eigenvalue weighted by Gasteiger charge is -2.17. The van der Waals surface area contributed by atoms with Crippen molar-refractivity contribution >= 4 is 38.3 Å². The van der Waals surface area contributed by atoms with Crippen LogP contribution in [0.5, 0.6) is 0 Å². The van der Waals surface area contributed by atoms with Gasteiger partial charge in [0.1, 0.15) is 0 Å². The van der Waals surface area contributed by atoms with E-state index in [1.54, 1.807) is 0 Å². The zero-order valence-electron chi connectivity index (χ0n) is 11.6. The summed E-state index contributed by atoms with van der Waals surface area (Å²) in [6.45, 7) is 2.12. The predicted molar refractivity (Wildman–Crippen MR) is 93.9 cm³/mol. The Hall–Kier alpha value is -1.35. The number of hydrogen-bond donors (Lipinski definition) is 1. The lowest BCUT2D eigenvalue weighted by atomic mass is 9.92. The summed E-state index contributed by atoms with van der Waals surface area (Å²) in [5.41, 5.74) is 9.92. The highest BCUT2D eigenvalue weighted by Crippen LogP contribution is 2.32. The second kappa shape index (κ2) is 5.80. The zero-order valence-corrected chi connectivity index (χ0v) is 13.9. The third-order valence-corrected chi connectivity index (χ3v) is 5.03. The molecule has 3 aromatic carbocycles. The van der Waals surface area contributed by atoms with Crippen molar-refractivity contribution in [1.29, 1.82) is 0 Å². The molecule has 0 fully saturated rings. The molecule has 1 unspecified atom stereocenters. The fraction of sp³-hybridized carbons (Fsp3) is 0.111. The van der Waals surface area contributed by atoms with Crippen molar-refractivity contribution < 1.29 is 0 Å². The molecule has 0 saturated carbocycles. The Labute approximate surface area is 137 Å². The van der Waals surface area contributed by atoms with Crippen molar-refractivity contribution in [3.8, 4) is 0 Å². The molecule has 0 saturated heterocycles. The number of halogens is 2. The lowest BCUT2D eigenvalue weighted by molar-refractivity contribution is 0.879. The largest absolute Gasteiger partial charge is 0.320 e. The molecule has 0 heterocycles. The third kappa shape index (κ3) is 2.71. The Morgan fingerprint density at radius 3 is 2.43 bits per heavy atom. The van der Waals surface area contributed by atoms with Crippen LogP contribution >= 0.6 is 27.5 Å². The quantitative estimate of drug-likeness (QED) is 0.631. The van der Waals surface area contributed by atoms with E-state index < -0.39 is 0 Å². The Kier molecular flexibility index (Phi) is 4.03. The summed E-state index contributed by atoms with van der Waals surface area (Å²) in [4.78, 5) is 0. The molecule has 3 rings (SSSR count).